The summed E-state index contributed by atoms with van der Waals surface area (Å²) in [6, 6.07) is 5.56. The first-order chi connectivity index (χ1) is 9.63. The van der Waals surface area contributed by atoms with Crippen molar-refractivity contribution in [1.82, 2.24) is 15.1 Å². The van der Waals surface area contributed by atoms with E-state index < -0.39 is 0 Å². The topological polar surface area (TPSA) is 61.6 Å². The summed E-state index contributed by atoms with van der Waals surface area (Å²) in [6.07, 6.45) is 0. The molecule has 2 rings (SSSR count). The normalized spacial score (nSPS) is 17.1. The number of hydrogen-bond donors (Lipinski definition) is 2. The van der Waals surface area contributed by atoms with E-state index in [1.54, 1.807) is 13.1 Å². The molecule has 0 spiro atoms. The van der Waals surface area contributed by atoms with Gasteiger partial charge in [0.15, 0.2) is 0 Å². The van der Waals surface area contributed by atoms with Gasteiger partial charge in [0.05, 0.1) is 0 Å². The number of hydrogen-bond acceptors (Lipinski definition) is 4. The van der Waals surface area contributed by atoms with Crippen LogP contribution in [0, 0.1) is 0 Å². The Bertz CT molecular complexity index is 467. The zero-order valence-corrected chi connectivity index (χ0v) is 12.4. The maximum atomic E-state index is 11.6. The second kappa shape index (κ2) is 6.72. The molecule has 0 saturated carbocycles. The molecule has 110 valence electrons. The Kier molecular flexibility index (Phi) is 4.98. The Morgan fingerprint density at radius 1 is 1.25 bits per heavy atom. The minimum absolute atomic E-state index is 0.0974. The van der Waals surface area contributed by atoms with Crippen LogP contribution in [0.3, 0.4) is 0 Å². The van der Waals surface area contributed by atoms with Crippen LogP contribution in [-0.2, 0) is 6.54 Å². The van der Waals surface area contributed by atoms with E-state index in [-0.39, 0.29) is 5.91 Å². The van der Waals surface area contributed by atoms with Crippen molar-refractivity contribution in [3.8, 4) is 0 Å². The van der Waals surface area contributed by atoms with E-state index >= 15 is 0 Å². The zero-order valence-electron chi connectivity index (χ0n) is 12.4. The van der Waals surface area contributed by atoms with Crippen molar-refractivity contribution in [3.05, 3.63) is 29.3 Å². The Morgan fingerprint density at radius 2 is 1.90 bits per heavy atom. The second-order valence-electron chi connectivity index (χ2n) is 5.20. The quantitative estimate of drug-likeness (QED) is 0.797. The average Bonchev–Trinajstić information content (AvgIpc) is 2.49. The molecule has 1 fully saturated rings. The zero-order chi connectivity index (χ0) is 14.5. The summed E-state index contributed by atoms with van der Waals surface area (Å²) in [6.45, 7) is 8.56. The maximum absolute atomic E-state index is 11.6. The number of likely N-dealkylation sites (N-methyl/N-ethyl adjacent to an activating group) is 1. The number of carbonyl (C=O) groups is 1. The van der Waals surface area contributed by atoms with Gasteiger partial charge in [0.25, 0.3) is 5.91 Å². The van der Waals surface area contributed by atoms with Crippen molar-refractivity contribution in [2.45, 2.75) is 13.5 Å². The number of nitrogens with two attached hydrogens (primary N) is 1. The molecule has 1 aromatic carbocycles. The molecule has 1 aliphatic rings. The molecule has 0 atom stereocenters. The Labute approximate surface area is 120 Å². The van der Waals surface area contributed by atoms with Crippen LogP contribution in [0.5, 0.6) is 0 Å². The minimum Gasteiger partial charge on any atom is -0.398 e. The van der Waals surface area contributed by atoms with E-state index in [0.29, 0.717) is 11.3 Å². The number of anilines is 1. The molecule has 0 radical (unpaired) electrons. The number of piperazine rings is 1. The summed E-state index contributed by atoms with van der Waals surface area (Å²) in [5, 5.41) is 2.61. The number of benzene rings is 1. The SMILES string of the molecule is CCN1CCN(Cc2ccc(C(=O)NC)cc2N)CC1. The van der Waals surface area contributed by atoms with E-state index in [2.05, 4.69) is 22.0 Å². The summed E-state index contributed by atoms with van der Waals surface area (Å²) in [5.41, 5.74) is 8.48. The second-order valence-corrected chi connectivity index (χ2v) is 5.20. The minimum atomic E-state index is -0.0974. The summed E-state index contributed by atoms with van der Waals surface area (Å²) in [4.78, 5) is 16.4. The van der Waals surface area contributed by atoms with Gasteiger partial charge in [-0.05, 0) is 24.2 Å². The fraction of sp³-hybridized carbons (Fsp3) is 0.533. The lowest BCUT2D eigenvalue weighted by atomic mass is 10.1. The van der Waals surface area contributed by atoms with Crippen molar-refractivity contribution < 1.29 is 4.79 Å². The first kappa shape index (κ1) is 14.8. The van der Waals surface area contributed by atoms with E-state index in [1.165, 1.54) is 0 Å². The van der Waals surface area contributed by atoms with Crippen LogP contribution in [0.2, 0.25) is 0 Å². The number of nitrogen functional groups attached to an aromatic ring is 1. The van der Waals surface area contributed by atoms with Crippen LogP contribution >= 0.6 is 0 Å². The molecule has 0 aromatic heterocycles. The third-order valence-electron chi connectivity index (χ3n) is 3.94. The molecule has 0 bridgehead atoms. The molecule has 0 aliphatic carbocycles. The molecule has 20 heavy (non-hydrogen) atoms. The van der Waals surface area contributed by atoms with Gasteiger partial charge in [-0.2, -0.15) is 0 Å². The molecule has 1 heterocycles. The number of nitrogens with one attached hydrogen (secondary N) is 1. The molecule has 5 nitrogen and oxygen atoms in total. The van der Waals surface area contributed by atoms with Crippen LogP contribution in [-0.4, -0.2) is 55.5 Å². The smallest absolute Gasteiger partial charge is 0.251 e. The molecule has 5 heteroatoms. The van der Waals surface area contributed by atoms with Gasteiger partial charge in [-0.1, -0.05) is 13.0 Å². The first-order valence-electron chi connectivity index (χ1n) is 7.19. The van der Waals surface area contributed by atoms with Crippen molar-refractivity contribution in [3.63, 3.8) is 0 Å². The van der Waals surface area contributed by atoms with Gasteiger partial charge < -0.3 is 16.0 Å². The van der Waals surface area contributed by atoms with Crippen LogP contribution in [0.4, 0.5) is 5.69 Å². The summed E-state index contributed by atoms with van der Waals surface area (Å²) in [7, 11) is 1.62. The largest absolute Gasteiger partial charge is 0.398 e. The van der Waals surface area contributed by atoms with E-state index in [0.717, 1.165) is 44.8 Å². The lowest BCUT2D eigenvalue weighted by Crippen LogP contribution is -2.45. The van der Waals surface area contributed by atoms with Gasteiger partial charge in [0, 0.05) is 51.0 Å². The Hall–Kier alpha value is -1.59. The number of amides is 1. The highest BCUT2D eigenvalue weighted by atomic mass is 16.1. The van der Waals surface area contributed by atoms with Crippen LogP contribution in [0.15, 0.2) is 18.2 Å². The highest BCUT2D eigenvalue weighted by Gasteiger charge is 2.16. The van der Waals surface area contributed by atoms with Gasteiger partial charge in [-0.3, -0.25) is 9.69 Å². The molecule has 3 N–H and O–H groups in total. The highest BCUT2D eigenvalue weighted by molar-refractivity contribution is 5.95. The van der Waals surface area contributed by atoms with Gasteiger partial charge >= 0.3 is 0 Å². The molecule has 1 saturated heterocycles. The van der Waals surface area contributed by atoms with Gasteiger partial charge in [0.2, 0.25) is 0 Å². The summed E-state index contributed by atoms with van der Waals surface area (Å²) in [5.74, 6) is -0.0974. The van der Waals surface area contributed by atoms with Gasteiger partial charge in [-0.25, -0.2) is 0 Å². The molecular formula is C15H24N4O. The van der Waals surface area contributed by atoms with E-state index in [1.807, 2.05) is 12.1 Å². The summed E-state index contributed by atoms with van der Waals surface area (Å²) >= 11 is 0. The van der Waals surface area contributed by atoms with Crippen LogP contribution in [0.25, 0.3) is 0 Å². The fourth-order valence-electron chi connectivity index (χ4n) is 2.53. The van der Waals surface area contributed by atoms with Crippen molar-refractivity contribution >= 4 is 11.6 Å². The van der Waals surface area contributed by atoms with E-state index in [9.17, 15) is 4.79 Å². The van der Waals surface area contributed by atoms with Crippen molar-refractivity contribution in [2.75, 3.05) is 45.5 Å². The molecule has 1 aromatic rings. The maximum Gasteiger partial charge on any atom is 0.251 e. The van der Waals surface area contributed by atoms with Gasteiger partial charge in [-0.15, -0.1) is 0 Å². The third kappa shape index (κ3) is 3.49. The lowest BCUT2D eigenvalue weighted by molar-refractivity contribution is 0.0963. The number of rotatable bonds is 4. The van der Waals surface area contributed by atoms with Crippen LogP contribution < -0.4 is 11.1 Å². The third-order valence-corrected chi connectivity index (χ3v) is 3.94. The molecular weight excluding hydrogens is 252 g/mol. The standard InChI is InChI=1S/C15H24N4O/c1-3-18-6-8-19(9-7-18)11-13-5-4-12(10-14(13)16)15(20)17-2/h4-5,10H,3,6-9,11,16H2,1-2H3,(H,17,20). The van der Waals surface area contributed by atoms with Gasteiger partial charge in [0.1, 0.15) is 0 Å². The summed E-state index contributed by atoms with van der Waals surface area (Å²) < 4.78 is 0. The Morgan fingerprint density at radius 3 is 2.45 bits per heavy atom. The molecule has 0 unspecified atom stereocenters. The lowest BCUT2D eigenvalue weighted by Gasteiger charge is -2.34. The number of carbonyl (C=O) groups excluding carboxylic acids is 1. The van der Waals surface area contributed by atoms with Crippen molar-refractivity contribution in [2.24, 2.45) is 0 Å². The van der Waals surface area contributed by atoms with Crippen LogP contribution in [0.1, 0.15) is 22.8 Å². The Balaban J connectivity index is 1.98. The first-order valence-corrected chi connectivity index (χ1v) is 7.19. The predicted molar refractivity (Wildman–Crippen MR) is 81.6 cm³/mol. The monoisotopic (exact) mass is 276 g/mol. The molecule has 1 amide bonds. The van der Waals surface area contributed by atoms with Crippen molar-refractivity contribution in [1.29, 1.82) is 0 Å². The number of nitrogens with zero attached hydrogens (tertiary/aromatic N) is 2. The predicted octanol–water partition coefficient (Wildman–Crippen LogP) is 0.766. The highest BCUT2D eigenvalue weighted by Crippen LogP contribution is 2.17. The molecule has 1 aliphatic heterocycles. The van der Waals surface area contributed by atoms with E-state index in [4.69, 9.17) is 5.73 Å². The fourth-order valence-corrected chi connectivity index (χ4v) is 2.53. The average molecular weight is 276 g/mol.